The minimum Gasteiger partial charge on any atom is -0.507 e. The topological polar surface area (TPSA) is 95.6 Å². The number of aryl methyl sites for hydroxylation is 1. The third kappa shape index (κ3) is 5.72. The van der Waals surface area contributed by atoms with Gasteiger partial charge in [-0.1, -0.05) is 18.2 Å². The zero-order chi connectivity index (χ0) is 19.1. The van der Waals surface area contributed by atoms with E-state index in [1.54, 1.807) is 18.2 Å². The Labute approximate surface area is 156 Å². The van der Waals surface area contributed by atoms with Gasteiger partial charge in [-0.3, -0.25) is 4.79 Å². The number of benzene rings is 2. The van der Waals surface area contributed by atoms with Crippen LogP contribution in [0.3, 0.4) is 0 Å². The van der Waals surface area contributed by atoms with Crippen molar-refractivity contribution >= 4 is 18.1 Å². The van der Waals surface area contributed by atoms with Crippen molar-refractivity contribution in [2.75, 3.05) is 6.54 Å². The van der Waals surface area contributed by atoms with Gasteiger partial charge in [0.05, 0.1) is 23.8 Å². The fourth-order valence-electron chi connectivity index (χ4n) is 2.58. The van der Waals surface area contributed by atoms with Crippen molar-refractivity contribution in [3.63, 3.8) is 0 Å². The van der Waals surface area contributed by atoms with Crippen LogP contribution in [0.1, 0.15) is 40.9 Å². The number of amides is 1. The first-order chi connectivity index (χ1) is 12.4. The number of aliphatic hydroxyl groups is 1. The van der Waals surface area contributed by atoms with Gasteiger partial charge in [0.2, 0.25) is 0 Å². The predicted octanol–water partition coefficient (Wildman–Crippen LogP) is 3.11. The van der Waals surface area contributed by atoms with E-state index < -0.39 is 12.0 Å². The van der Waals surface area contributed by atoms with Gasteiger partial charge in [-0.25, -0.2) is 0 Å². The first-order valence-electron chi connectivity index (χ1n) is 8.32. The summed E-state index contributed by atoms with van der Waals surface area (Å²) in [4.78, 5) is 11.9. The van der Waals surface area contributed by atoms with Crippen molar-refractivity contribution in [1.29, 1.82) is 0 Å². The highest BCUT2D eigenvalue weighted by atomic mass is 32.2. The highest BCUT2D eigenvalue weighted by Gasteiger charge is 2.14. The summed E-state index contributed by atoms with van der Waals surface area (Å²) in [5.74, 6) is -0.943. The number of nitrogens with two attached hydrogens (primary N) is 1. The van der Waals surface area contributed by atoms with Crippen LogP contribution >= 0.6 is 12.1 Å². The molecule has 140 valence electrons. The van der Waals surface area contributed by atoms with Gasteiger partial charge in [0.1, 0.15) is 5.75 Å². The van der Waals surface area contributed by atoms with Gasteiger partial charge >= 0.3 is 0 Å². The van der Waals surface area contributed by atoms with E-state index in [0.717, 1.165) is 18.4 Å². The van der Waals surface area contributed by atoms with Crippen LogP contribution in [0.4, 0.5) is 3.89 Å². The maximum absolute atomic E-state index is 12.4. The van der Waals surface area contributed by atoms with E-state index in [1.807, 2.05) is 19.1 Å². The van der Waals surface area contributed by atoms with Gasteiger partial charge < -0.3 is 21.3 Å². The van der Waals surface area contributed by atoms with Crippen molar-refractivity contribution in [3.8, 4) is 5.75 Å². The number of nitrogens with one attached hydrogen (secondary N) is 1. The summed E-state index contributed by atoms with van der Waals surface area (Å²) in [6.07, 6.45) is 0.876. The molecule has 26 heavy (non-hydrogen) atoms. The normalized spacial score (nSPS) is 13.3. The van der Waals surface area contributed by atoms with E-state index in [0.29, 0.717) is 17.0 Å². The number of carbonyl (C=O) groups is 1. The molecule has 2 aromatic rings. The average molecular weight is 378 g/mol. The number of aromatic hydroxyl groups is 1. The summed E-state index contributed by atoms with van der Waals surface area (Å²) in [6.45, 7) is 2.33. The van der Waals surface area contributed by atoms with E-state index in [9.17, 15) is 18.9 Å². The van der Waals surface area contributed by atoms with E-state index in [2.05, 4.69) is 5.32 Å². The zero-order valence-corrected chi connectivity index (χ0v) is 15.3. The van der Waals surface area contributed by atoms with Gasteiger partial charge in [-0.05, 0) is 55.2 Å². The Morgan fingerprint density at radius 1 is 1.27 bits per heavy atom. The Morgan fingerprint density at radius 2 is 1.96 bits per heavy atom. The van der Waals surface area contributed by atoms with Crippen LogP contribution in [0.15, 0.2) is 47.4 Å². The minimum atomic E-state index is -0.822. The first-order valence-corrected chi connectivity index (χ1v) is 9.04. The lowest BCUT2D eigenvalue weighted by Gasteiger charge is -2.18. The molecule has 7 heteroatoms. The molecule has 0 heterocycles. The van der Waals surface area contributed by atoms with Crippen molar-refractivity contribution in [1.82, 2.24) is 5.32 Å². The number of phenols is 1. The minimum absolute atomic E-state index is 0.00973. The molecule has 0 aromatic heterocycles. The van der Waals surface area contributed by atoms with Crippen molar-refractivity contribution in [2.24, 2.45) is 5.73 Å². The standard InChI is InChI=1S/C19H23FN2O3S/c1-12(2-3-13-4-7-15(26-20)8-5-13)22-11-18(24)14-6-9-17(23)16(10-14)19(21)25/h4-10,12,18,22-24H,2-3,11H2,1H3,(H2,21,25). The van der Waals surface area contributed by atoms with Crippen LogP contribution in [0.2, 0.25) is 0 Å². The fraction of sp³-hybridized carbons (Fsp3) is 0.316. The maximum atomic E-state index is 12.4. The van der Waals surface area contributed by atoms with Gasteiger partial charge in [0, 0.05) is 17.5 Å². The van der Waals surface area contributed by atoms with Gasteiger partial charge in [0.25, 0.3) is 5.91 Å². The summed E-state index contributed by atoms with van der Waals surface area (Å²) in [5.41, 5.74) is 6.83. The summed E-state index contributed by atoms with van der Waals surface area (Å²) in [6, 6.07) is 11.8. The highest BCUT2D eigenvalue weighted by molar-refractivity contribution is 7.94. The molecule has 0 saturated heterocycles. The van der Waals surface area contributed by atoms with Crippen LogP contribution < -0.4 is 11.1 Å². The molecule has 0 aliphatic carbocycles. The second-order valence-electron chi connectivity index (χ2n) is 6.23. The molecule has 0 saturated carbocycles. The lowest BCUT2D eigenvalue weighted by Crippen LogP contribution is -2.31. The number of aliphatic hydroxyl groups excluding tert-OH is 1. The smallest absolute Gasteiger partial charge is 0.252 e. The molecule has 0 aliphatic heterocycles. The molecule has 0 fully saturated rings. The molecule has 0 aliphatic rings. The number of primary amides is 1. The second kappa shape index (κ2) is 9.56. The maximum Gasteiger partial charge on any atom is 0.252 e. The summed E-state index contributed by atoms with van der Waals surface area (Å²) >= 11 is 0.230. The van der Waals surface area contributed by atoms with Crippen LogP contribution in [-0.4, -0.2) is 28.7 Å². The van der Waals surface area contributed by atoms with Crippen LogP contribution in [0.5, 0.6) is 5.75 Å². The number of rotatable bonds is 9. The molecule has 5 N–H and O–H groups in total. The molecule has 0 radical (unpaired) electrons. The molecule has 1 amide bonds. The number of carbonyl (C=O) groups excluding carboxylic acids is 1. The Kier molecular flexibility index (Phi) is 7.44. The lowest BCUT2D eigenvalue weighted by molar-refractivity contribution is 0.0997. The number of hydrogen-bond donors (Lipinski definition) is 4. The van der Waals surface area contributed by atoms with E-state index in [4.69, 9.17) is 5.73 Å². The largest absolute Gasteiger partial charge is 0.507 e. The first kappa shape index (κ1) is 20.2. The average Bonchev–Trinajstić information content (AvgIpc) is 2.64. The second-order valence-corrected chi connectivity index (χ2v) is 6.85. The Bertz CT molecular complexity index is 740. The summed E-state index contributed by atoms with van der Waals surface area (Å²) in [5, 5.41) is 23.1. The lowest BCUT2D eigenvalue weighted by atomic mass is 10.0. The molecular formula is C19H23FN2O3S. The molecule has 0 bridgehead atoms. The van der Waals surface area contributed by atoms with E-state index >= 15 is 0 Å². The molecule has 0 spiro atoms. The number of halogens is 1. The Balaban J connectivity index is 1.83. The molecule has 2 rings (SSSR count). The fourth-order valence-corrected chi connectivity index (χ4v) is 2.82. The molecular weight excluding hydrogens is 355 g/mol. The van der Waals surface area contributed by atoms with Crippen molar-refractivity contribution < 1.29 is 18.9 Å². The molecule has 2 aromatic carbocycles. The number of hydrogen-bond acceptors (Lipinski definition) is 5. The predicted molar refractivity (Wildman–Crippen MR) is 101 cm³/mol. The monoisotopic (exact) mass is 378 g/mol. The Hall–Kier alpha value is -2.09. The van der Waals surface area contributed by atoms with E-state index in [-0.39, 0.29) is 29.5 Å². The van der Waals surface area contributed by atoms with Crippen molar-refractivity contribution in [2.45, 2.75) is 36.8 Å². The van der Waals surface area contributed by atoms with Crippen LogP contribution in [-0.2, 0) is 6.42 Å². The molecule has 2 atom stereocenters. The summed E-state index contributed by atoms with van der Waals surface area (Å²) < 4.78 is 12.4. The van der Waals surface area contributed by atoms with Gasteiger partial charge in [-0.2, -0.15) is 3.89 Å². The molecule has 5 nitrogen and oxygen atoms in total. The SMILES string of the molecule is CC(CCc1ccc(SF)cc1)NCC(O)c1ccc(O)c(C(N)=O)c1. The quantitative estimate of drug-likeness (QED) is 0.538. The van der Waals surface area contributed by atoms with Gasteiger partial charge in [-0.15, -0.1) is 0 Å². The van der Waals surface area contributed by atoms with Crippen molar-refractivity contribution in [3.05, 3.63) is 59.2 Å². The summed E-state index contributed by atoms with van der Waals surface area (Å²) in [7, 11) is 0. The van der Waals surface area contributed by atoms with Gasteiger partial charge in [0.15, 0.2) is 0 Å². The Morgan fingerprint density at radius 3 is 2.58 bits per heavy atom. The zero-order valence-electron chi connectivity index (χ0n) is 14.5. The van der Waals surface area contributed by atoms with Crippen LogP contribution in [0.25, 0.3) is 0 Å². The highest BCUT2D eigenvalue weighted by Crippen LogP contribution is 2.22. The molecule has 2 unspecified atom stereocenters. The van der Waals surface area contributed by atoms with E-state index in [1.165, 1.54) is 12.1 Å². The third-order valence-corrected chi connectivity index (χ3v) is 4.66. The van der Waals surface area contributed by atoms with Crippen LogP contribution in [0, 0.1) is 0 Å². The third-order valence-electron chi connectivity index (χ3n) is 4.21.